The SMILES string of the molecule is O=C(NCCN1CCOC(c2ccccc2)C1)C(=O)Nc1ccc(OC(F)(F)F)cc1. The zero-order valence-electron chi connectivity index (χ0n) is 16.5. The van der Waals surface area contributed by atoms with Crippen molar-refractivity contribution in [3.63, 3.8) is 0 Å². The summed E-state index contributed by atoms with van der Waals surface area (Å²) in [6.45, 7) is 2.79. The van der Waals surface area contributed by atoms with Crippen LogP contribution in [0.15, 0.2) is 54.6 Å². The molecule has 0 spiro atoms. The smallest absolute Gasteiger partial charge is 0.406 e. The van der Waals surface area contributed by atoms with E-state index in [2.05, 4.69) is 20.3 Å². The Bertz CT molecular complexity index is 876. The van der Waals surface area contributed by atoms with Crippen molar-refractivity contribution in [1.29, 1.82) is 0 Å². The number of halogens is 3. The molecular formula is C21H22F3N3O4. The van der Waals surface area contributed by atoms with Crippen LogP contribution in [0.25, 0.3) is 0 Å². The van der Waals surface area contributed by atoms with Crippen molar-refractivity contribution in [2.45, 2.75) is 12.5 Å². The Hall–Kier alpha value is -3.11. The van der Waals surface area contributed by atoms with E-state index in [1.165, 1.54) is 12.1 Å². The topological polar surface area (TPSA) is 79.9 Å². The summed E-state index contributed by atoms with van der Waals surface area (Å²) in [5.74, 6) is -2.16. The molecule has 2 aromatic carbocycles. The number of nitrogens with one attached hydrogen (secondary N) is 2. The predicted octanol–water partition coefficient (Wildman–Crippen LogP) is 2.71. The summed E-state index contributed by atoms with van der Waals surface area (Å²) in [6.07, 6.45) is -4.84. The number of ether oxygens (including phenoxy) is 2. The molecule has 0 aliphatic carbocycles. The van der Waals surface area contributed by atoms with Crippen molar-refractivity contribution >= 4 is 17.5 Å². The minimum Gasteiger partial charge on any atom is -0.406 e. The molecule has 0 radical (unpaired) electrons. The van der Waals surface area contributed by atoms with Gasteiger partial charge in [-0.2, -0.15) is 0 Å². The Labute approximate surface area is 177 Å². The van der Waals surface area contributed by atoms with Gasteiger partial charge in [0.05, 0.1) is 12.7 Å². The molecule has 31 heavy (non-hydrogen) atoms. The van der Waals surface area contributed by atoms with Crippen molar-refractivity contribution in [1.82, 2.24) is 10.2 Å². The molecule has 2 N–H and O–H groups in total. The van der Waals surface area contributed by atoms with Crippen LogP contribution in [0, 0.1) is 0 Å². The molecule has 1 aliphatic heterocycles. The third kappa shape index (κ3) is 7.26. The van der Waals surface area contributed by atoms with Crippen molar-refractivity contribution in [3.8, 4) is 5.75 Å². The monoisotopic (exact) mass is 437 g/mol. The third-order valence-corrected chi connectivity index (χ3v) is 4.59. The van der Waals surface area contributed by atoms with Crippen LogP contribution in [-0.2, 0) is 14.3 Å². The number of carbonyl (C=O) groups is 2. The van der Waals surface area contributed by atoms with Crippen LogP contribution in [0.4, 0.5) is 18.9 Å². The number of benzene rings is 2. The number of amides is 2. The largest absolute Gasteiger partial charge is 0.573 e. The van der Waals surface area contributed by atoms with Crippen LogP contribution in [0.5, 0.6) is 5.75 Å². The second-order valence-electron chi connectivity index (χ2n) is 6.85. The predicted molar refractivity (Wildman–Crippen MR) is 106 cm³/mol. The second-order valence-corrected chi connectivity index (χ2v) is 6.85. The summed E-state index contributed by atoms with van der Waals surface area (Å²) in [5, 5.41) is 4.87. The first-order valence-corrected chi connectivity index (χ1v) is 9.64. The number of carbonyl (C=O) groups excluding carboxylic acids is 2. The highest BCUT2D eigenvalue weighted by Crippen LogP contribution is 2.24. The van der Waals surface area contributed by atoms with Crippen molar-refractivity contribution in [3.05, 3.63) is 60.2 Å². The Balaban J connectivity index is 1.40. The van der Waals surface area contributed by atoms with Gasteiger partial charge in [-0.05, 0) is 29.8 Å². The van der Waals surface area contributed by atoms with Gasteiger partial charge in [0.2, 0.25) is 0 Å². The lowest BCUT2D eigenvalue weighted by Gasteiger charge is -2.33. The molecule has 7 nitrogen and oxygen atoms in total. The van der Waals surface area contributed by atoms with Crippen LogP contribution in [0.1, 0.15) is 11.7 Å². The number of nitrogens with zero attached hydrogens (tertiary/aromatic N) is 1. The van der Waals surface area contributed by atoms with Crippen LogP contribution in [-0.4, -0.2) is 55.9 Å². The lowest BCUT2D eigenvalue weighted by atomic mass is 10.1. The summed E-state index contributed by atoms with van der Waals surface area (Å²) in [4.78, 5) is 26.1. The summed E-state index contributed by atoms with van der Waals surface area (Å²) >= 11 is 0. The fourth-order valence-electron chi connectivity index (χ4n) is 3.11. The molecule has 0 aromatic heterocycles. The summed E-state index contributed by atoms with van der Waals surface area (Å²) < 4.78 is 46.0. The second kappa shape index (κ2) is 10.3. The first kappa shape index (κ1) is 22.6. The lowest BCUT2D eigenvalue weighted by Crippen LogP contribution is -2.44. The van der Waals surface area contributed by atoms with E-state index < -0.39 is 23.9 Å². The van der Waals surface area contributed by atoms with E-state index in [1.54, 1.807) is 0 Å². The molecule has 166 valence electrons. The van der Waals surface area contributed by atoms with Gasteiger partial charge in [-0.3, -0.25) is 14.5 Å². The molecule has 10 heteroatoms. The molecule has 2 amide bonds. The molecule has 0 bridgehead atoms. The minimum absolute atomic E-state index is 0.0433. The van der Waals surface area contributed by atoms with Crippen LogP contribution < -0.4 is 15.4 Å². The van der Waals surface area contributed by atoms with Crippen LogP contribution in [0.2, 0.25) is 0 Å². The standard InChI is InChI=1S/C21H22F3N3O4/c22-21(23,24)31-17-8-6-16(7-9-17)26-20(29)19(28)25-10-11-27-12-13-30-18(14-27)15-4-2-1-3-5-15/h1-9,18H,10-14H2,(H,25,28)(H,26,29). The summed E-state index contributed by atoms with van der Waals surface area (Å²) in [7, 11) is 0. The highest BCUT2D eigenvalue weighted by atomic mass is 19.4. The summed E-state index contributed by atoms with van der Waals surface area (Å²) in [5.41, 5.74) is 1.26. The van der Waals surface area contributed by atoms with Gasteiger partial charge in [0, 0.05) is 31.9 Å². The Morgan fingerprint density at radius 2 is 1.77 bits per heavy atom. The Morgan fingerprint density at radius 3 is 2.45 bits per heavy atom. The third-order valence-electron chi connectivity index (χ3n) is 4.59. The highest BCUT2D eigenvalue weighted by molar-refractivity contribution is 6.39. The Kier molecular flexibility index (Phi) is 7.48. The average molecular weight is 437 g/mol. The zero-order chi connectivity index (χ0) is 22.3. The quantitative estimate of drug-likeness (QED) is 0.680. The maximum atomic E-state index is 12.2. The first-order chi connectivity index (χ1) is 14.8. The molecule has 1 atom stereocenters. The number of rotatable bonds is 6. The van der Waals surface area contributed by atoms with Gasteiger partial charge in [0.1, 0.15) is 5.75 Å². The molecule has 0 saturated carbocycles. The van der Waals surface area contributed by atoms with Gasteiger partial charge < -0.3 is 20.1 Å². The molecule has 1 saturated heterocycles. The molecular weight excluding hydrogens is 415 g/mol. The van der Waals surface area contributed by atoms with Crippen LogP contribution in [0.3, 0.4) is 0 Å². The van der Waals surface area contributed by atoms with Gasteiger partial charge in [0.25, 0.3) is 0 Å². The number of hydrogen-bond acceptors (Lipinski definition) is 5. The van der Waals surface area contributed by atoms with Gasteiger partial charge in [-0.15, -0.1) is 13.2 Å². The fourth-order valence-corrected chi connectivity index (χ4v) is 3.11. The normalized spacial score (nSPS) is 17.1. The van der Waals surface area contributed by atoms with E-state index in [-0.39, 0.29) is 18.3 Å². The molecule has 2 aromatic rings. The van der Waals surface area contributed by atoms with Gasteiger partial charge in [0.15, 0.2) is 0 Å². The zero-order valence-corrected chi connectivity index (χ0v) is 16.5. The first-order valence-electron chi connectivity index (χ1n) is 9.64. The fraction of sp³-hybridized carbons (Fsp3) is 0.333. The molecule has 1 fully saturated rings. The number of morpholine rings is 1. The number of alkyl halides is 3. The average Bonchev–Trinajstić information content (AvgIpc) is 2.75. The van der Waals surface area contributed by atoms with E-state index in [0.29, 0.717) is 19.7 Å². The molecule has 1 aliphatic rings. The molecule has 1 heterocycles. The minimum atomic E-state index is -4.80. The van der Waals surface area contributed by atoms with Crippen LogP contribution >= 0.6 is 0 Å². The van der Waals surface area contributed by atoms with E-state index in [4.69, 9.17) is 4.74 Å². The van der Waals surface area contributed by atoms with Gasteiger partial charge >= 0.3 is 18.2 Å². The van der Waals surface area contributed by atoms with Crippen molar-refractivity contribution in [2.24, 2.45) is 0 Å². The summed E-state index contributed by atoms with van der Waals surface area (Å²) in [6, 6.07) is 14.4. The maximum Gasteiger partial charge on any atom is 0.573 e. The van der Waals surface area contributed by atoms with Gasteiger partial charge in [-0.1, -0.05) is 30.3 Å². The Morgan fingerprint density at radius 1 is 1.06 bits per heavy atom. The van der Waals surface area contributed by atoms with Crippen molar-refractivity contribution < 1.29 is 32.2 Å². The highest BCUT2D eigenvalue weighted by Gasteiger charge is 2.31. The van der Waals surface area contributed by atoms with E-state index in [0.717, 1.165) is 24.2 Å². The lowest BCUT2D eigenvalue weighted by molar-refractivity contribution is -0.274. The number of anilines is 1. The van der Waals surface area contributed by atoms with E-state index >= 15 is 0 Å². The van der Waals surface area contributed by atoms with E-state index in [9.17, 15) is 22.8 Å². The molecule has 1 unspecified atom stereocenters. The number of hydrogen-bond donors (Lipinski definition) is 2. The van der Waals surface area contributed by atoms with Gasteiger partial charge in [-0.25, -0.2) is 0 Å². The van der Waals surface area contributed by atoms with E-state index in [1.807, 2.05) is 30.3 Å². The molecule has 3 rings (SSSR count). The van der Waals surface area contributed by atoms with Crippen molar-refractivity contribution in [2.75, 3.05) is 38.1 Å². The maximum absolute atomic E-state index is 12.2.